The highest BCUT2D eigenvalue weighted by molar-refractivity contribution is 6.27. The Balaban J connectivity index is 2.19. The van der Waals surface area contributed by atoms with Crippen molar-refractivity contribution in [2.24, 2.45) is 0 Å². The van der Waals surface area contributed by atoms with Gasteiger partial charge in [0.15, 0.2) is 0 Å². The summed E-state index contributed by atoms with van der Waals surface area (Å²) in [4.78, 5) is 0. The molecule has 0 aliphatic heterocycles. The molecule has 0 saturated carbocycles. The zero-order chi connectivity index (χ0) is 15.4. The summed E-state index contributed by atoms with van der Waals surface area (Å²) < 4.78 is 0. The van der Waals surface area contributed by atoms with E-state index in [9.17, 15) is 0 Å². The van der Waals surface area contributed by atoms with Crippen molar-refractivity contribution in [3.63, 3.8) is 0 Å². The van der Waals surface area contributed by atoms with Crippen LogP contribution in [0, 0.1) is 6.92 Å². The van der Waals surface area contributed by atoms with E-state index >= 15 is 0 Å². The third-order valence-corrected chi connectivity index (χ3v) is 4.94. The summed E-state index contributed by atoms with van der Waals surface area (Å²) in [5.74, 6) is 0. The molecule has 0 atom stereocenters. The number of hydrogen-bond acceptors (Lipinski definition) is 0. The summed E-state index contributed by atoms with van der Waals surface area (Å²) in [6.07, 6.45) is 0. The predicted octanol–water partition coefficient (Wildman–Crippen LogP) is 6.61. The van der Waals surface area contributed by atoms with Gasteiger partial charge in [-0.05, 0) is 55.6 Å². The number of aryl methyl sites for hydroxylation is 1. The Kier molecular flexibility index (Phi) is 2.51. The summed E-state index contributed by atoms with van der Waals surface area (Å²) in [6.45, 7) is 2.20. The SMILES string of the molecule is Cc1cc2ccc3ccc4ccccc4c3c2c2ccccc12. The Morgan fingerprint density at radius 1 is 0.478 bits per heavy atom. The van der Waals surface area contributed by atoms with Gasteiger partial charge in [-0.1, -0.05) is 78.9 Å². The minimum absolute atomic E-state index is 1.30. The third-order valence-electron chi connectivity index (χ3n) is 4.94. The highest BCUT2D eigenvalue weighted by Crippen LogP contribution is 2.37. The fourth-order valence-electron chi connectivity index (χ4n) is 3.88. The van der Waals surface area contributed by atoms with Crippen LogP contribution in [0.25, 0.3) is 43.1 Å². The van der Waals surface area contributed by atoms with Gasteiger partial charge in [0.05, 0.1) is 0 Å². The molecule has 0 amide bonds. The van der Waals surface area contributed by atoms with Crippen LogP contribution >= 0.6 is 0 Å². The molecule has 0 spiro atoms. The second-order valence-corrected chi connectivity index (χ2v) is 6.29. The van der Waals surface area contributed by atoms with Crippen molar-refractivity contribution in [1.82, 2.24) is 0 Å². The average molecular weight is 292 g/mol. The standard InChI is InChI=1S/C23H16/c1-15-14-18-13-12-17-11-10-16-6-2-3-8-20(16)22(17)23(18)21-9-5-4-7-19(15)21/h2-14H,1H3. The summed E-state index contributed by atoms with van der Waals surface area (Å²) >= 11 is 0. The summed E-state index contributed by atoms with van der Waals surface area (Å²) in [7, 11) is 0. The molecule has 108 valence electrons. The smallest absolute Gasteiger partial charge is 0.00204 e. The zero-order valence-electron chi connectivity index (χ0n) is 13.0. The first-order chi connectivity index (χ1) is 11.3. The molecule has 5 aromatic carbocycles. The van der Waals surface area contributed by atoms with Gasteiger partial charge in [0.1, 0.15) is 0 Å². The summed E-state index contributed by atoms with van der Waals surface area (Å²) in [5.41, 5.74) is 1.34. The van der Waals surface area contributed by atoms with Crippen LogP contribution in [0.4, 0.5) is 0 Å². The van der Waals surface area contributed by atoms with Crippen molar-refractivity contribution >= 4 is 43.1 Å². The van der Waals surface area contributed by atoms with Crippen LogP contribution in [-0.4, -0.2) is 0 Å². The van der Waals surface area contributed by atoms with E-state index < -0.39 is 0 Å². The Morgan fingerprint density at radius 3 is 1.87 bits per heavy atom. The molecular weight excluding hydrogens is 276 g/mol. The second kappa shape index (κ2) is 4.57. The maximum absolute atomic E-state index is 2.32. The maximum atomic E-state index is 2.32. The Bertz CT molecular complexity index is 1210. The van der Waals surface area contributed by atoms with Gasteiger partial charge in [-0.25, -0.2) is 0 Å². The van der Waals surface area contributed by atoms with Crippen molar-refractivity contribution in [3.05, 3.63) is 84.4 Å². The molecule has 0 heterocycles. The van der Waals surface area contributed by atoms with Crippen molar-refractivity contribution in [2.75, 3.05) is 0 Å². The van der Waals surface area contributed by atoms with Crippen LogP contribution in [0.3, 0.4) is 0 Å². The molecule has 0 nitrogen and oxygen atoms in total. The van der Waals surface area contributed by atoms with E-state index in [1.54, 1.807) is 0 Å². The lowest BCUT2D eigenvalue weighted by Crippen LogP contribution is -1.85. The maximum Gasteiger partial charge on any atom is -0.00204 e. The Hall–Kier alpha value is -2.86. The molecule has 0 aliphatic rings. The van der Waals surface area contributed by atoms with E-state index in [0.29, 0.717) is 0 Å². The van der Waals surface area contributed by atoms with Gasteiger partial charge in [-0.15, -0.1) is 0 Å². The first-order valence-electron chi connectivity index (χ1n) is 8.05. The normalized spacial score (nSPS) is 11.7. The average Bonchev–Trinajstić information content (AvgIpc) is 2.61. The monoisotopic (exact) mass is 292 g/mol. The molecule has 0 aliphatic carbocycles. The van der Waals surface area contributed by atoms with E-state index in [2.05, 4.69) is 85.8 Å². The van der Waals surface area contributed by atoms with E-state index in [1.165, 1.54) is 48.7 Å². The van der Waals surface area contributed by atoms with Crippen LogP contribution in [0.5, 0.6) is 0 Å². The largest absolute Gasteiger partial charge is 0.0616 e. The van der Waals surface area contributed by atoms with E-state index in [4.69, 9.17) is 0 Å². The molecule has 0 bridgehead atoms. The minimum atomic E-state index is 1.30. The molecule has 5 aromatic rings. The number of fused-ring (bicyclic) bond motifs is 7. The minimum Gasteiger partial charge on any atom is -0.0616 e. The molecule has 5 rings (SSSR count). The zero-order valence-corrected chi connectivity index (χ0v) is 13.0. The lowest BCUT2D eigenvalue weighted by Gasteiger charge is -2.12. The Morgan fingerprint density at radius 2 is 1.04 bits per heavy atom. The van der Waals surface area contributed by atoms with Crippen molar-refractivity contribution in [3.8, 4) is 0 Å². The quantitative estimate of drug-likeness (QED) is 0.282. The molecule has 0 saturated heterocycles. The first kappa shape index (κ1) is 12.7. The lowest BCUT2D eigenvalue weighted by molar-refractivity contribution is 1.56. The predicted molar refractivity (Wildman–Crippen MR) is 101 cm³/mol. The van der Waals surface area contributed by atoms with Crippen LogP contribution in [-0.2, 0) is 0 Å². The van der Waals surface area contributed by atoms with Crippen LogP contribution in [0.2, 0.25) is 0 Å². The molecule has 0 unspecified atom stereocenters. The molecule has 0 N–H and O–H groups in total. The van der Waals surface area contributed by atoms with Gasteiger partial charge in [0, 0.05) is 0 Å². The lowest BCUT2D eigenvalue weighted by atomic mass is 9.91. The highest BCUT2D eigenvalue weighted by Gasteiger charge is 2.09. The molecule has 0 fully saturated rings. The molecule has 0 heteroatoms. The van der Waals surface area contributed by atoms with E-state index in [-0.39, 0.29) is 0 Å². The first-order valence-corrected chi connectivity index (χ1v) is 8.05. The van der Waals surface area contributed by atoms with E-state index in [1.807, 2.05) is 0 Å². The van der Waals surface area contributed by atoms with Crippen LogP contribution < -0.4 is 0 Å². The summed E-state index contributed by atoms with van der Waals surface area (Å²) in [6, 6.07) is 28.7. The molecule has 23 heavy (non-hydrogen) atoms. The molecule has 0 aromatic heterocycles. The van der Waals surface area contributed by atoms with E-state index in [0.717, 1.165) is 0 Å². The second-order valence-electron chi connectivity index (χ2n) is 6.29. The fourth-order valence-corrected chi connectivity index (χ4v) is 3.88. The summed E-state index contributed by atoms with van der Waals surface area (Å²) in [5, 5.41) is 10.7. The number of hydrogen-bond donors (Lipinski definition) is 0. The number of rotatable bonds is 0. The van der Waals surface area contributed by atoms with Crippen LogP contribution in [0.15, 0.2) is 78.9 Å². The topological polar surface area (TPSA) is 0 Å². The van der Waals surface area contributed by atoms with Crippen molar-refractivity contribution < 1.29 is 0 Å². The van der Waals surface area contributed by atoms with Gasteiger partial charge in [0.2, 0.25) is 0 Å². The Labute approximate surface area is 135 Å². The number of benzene rings is 5. The van der Waals surface area contributed by atoms with Crippen molar-refractivity contribution in [1.29, 1.82) is 0 Å². The van der Waals surface area contributed by atoms with Gasteiger partial charge >= 0.3 is 0 Å². The van der Waals surface area contributed by atoms with Gasteiger partial charge in [-0.3, -0.25) is 0 Å². The van der Waals surface area contributed by atoms with Gasteiger partial charge in [0.25, 0.3) is 0 Å². The highest BCUT2D eigenvalue weighted by atomic mass is 14.1. The molecular formula is C23H16. The van der Waals surface area contributed by atoms with Gasteiger partial charge < -0.3 is 0 Å². The van der Waals surface area contributed by atoms with Gasteiger partial charge in [-0.2, -0.15) is 0 Å². The molecule has 0 radical (unpaired) electrons. The third kappa shape index (κ3) is 1.72. The van der Waals surface area contributed by atoms with Crippen LogP contribution in [0.1, 0.15) is 5.56 Å². The fraction of sp³-hybridized carbons (Fsp3) is 0.0435. The van der Waals surface area contributed by atoms with Crippen molar-refractivity contribution in [2.45, 2.75) is 6.92 Å².